The summed E-state index contributed by atoms with van der Waals surface area (Å²) >= 11 is 0. The lowest BCUT2D eigenvalue weighted by Gasteiger charge is -2.35. The molecule has 2 aliphatic carbocycles. The van der Waals surface area contributed by atoms with Gasteiger partial charge in [0.1, 0.15) is 12.4 Å². The number of allylic oxidation sites excluding steroid dienone is 3. The number of benzene rings is 3. The van der Waals surface area contributed by atoms with Gasteiger partial charge >= 0.3 is 0 Å². The normalized spacial score (nSPS) is 20.8. The van der Waals surface area contributed by atoms with Gasteiger partial charge in [0, 0.05) is 11.1 Å². The van der Waals surface area contributed by atoms with Gasteiger partial charge in [0.2, 0.25) is 5.82 Å². The van der Waals surface area contributed by atoms with Gasteiger partial charge in [-0.1, -0.05) is 74.0 Å². The third-order valence-electron chi connectivity index (χ3n) is 9.04. The van der Waals surface area contributed by atoms with E-state index in [1.54, 1.807) is 30.3 Å². The van der Waals surface area contributed by atoms with Crippen molar-refractivity contribution in [2.45, 2.75) is 57.8 Å². The van der Waals surface area contributed by atoms with E-state index in [4.69, 9.17) is 4.74 Å². The Hall–Kier alpha value is -3.53. The van der Waals surface area contributed by atoms with Gasteiger partial charge in [-0.05, 0) is 103 Å². The molecular formula is C37H39F3O. The maximum absolute atomic E-state index is 15.3. The van der Waals surface area contributed by atoms with Crippen molar-refractivity contribution in [3.63, 3.8) is 0 Å². The number of halogens is 3. The molecule has 41 heavy (non-hydrogen) atoms. The minimum absolute atomic E-state index is 0.0926. The molecule has 1 nitrogen and oxygen atoms in total. The van der Waals surface area contributed by atoms with Crippen LogP contribution in [0.1, 0.15) is 63.4 Å². The first-order valence-corrected chi connectivity index (χ1v) is 14.9. The van der Waals surface area contributed by atoms with Crippen molar-refractivity contribution in [1.82, 2.24) is 0 Å². The van der Waals surface area contributed by atoms with Gasteiger partial charge in [-0.2, -0.15) is 4.39 Å². The third kappa shape index (κ3) is 6.69. The fourth-order valence-corrected chi connectivity index (χ4v) is 6.64. The molecule has 0 radical (unpaired) electrons. The molecule has 0 amide bonds. The highest BCUT2D eigenvalue weighted by Crippen LogP contribution is 2.42. The molecule has 4 heteroatoms. The van der Waals surface area contributed by atoms with Crippen molar-refractivity contribution in [2.24, 2.45) is 17.8 Å². The summed E-state index contributed by atoms with van der Waals surface area (Å²) in [6.07, 6.45) is 16.6. The monoisotopic (exact) mass is 556 g/mol. The Labute approximate surface area is 242 Å². The predicted octanol–water partition coefficient (Wildman–Crippen LogP) is 11.0. The average molecular weight is 557 g/mol. The number of hydrogen-bond acceptors (Lipinski definition) is 1. The van der Waals surface area contributed by atoms with E-state index in [1.807, 2.05) is 18.2 Å². The molecule has 3 aromatic carbocycles. The quantitative estimate of drug-likeness (QED) is 0.226. The minimum Gasteiger partial charge on any atom is -0.486 e. The zero-order valence-corrected chi connectivity index (χ0v) is 23.7. The van der Waals surface area contributed by atoms with E-state index in [0.29, 0.717) is 17.0 Å². The second-order valence-corrected chi connectivity index (χ2v) is 11.5. The molecule has 1 saturated carbocycles. The predicted molar refractivity (Wildman–Crippen MR) is 163 cm³/mol. The van der Waals surface area contributed by atoms with Crippen LogP contribution in [0.15, 0.2) is 86.0 Å². The Morgan fingerprint density at radius 3 is 2.10 bits per heavy atom. The highest BCUT2D eigenvalue weighted by molar-refractivity contribution is 5.74. The summed E-state index contributed by atoms with van der Waals surface area (Å²) in [5.41, 5.74) is 4.04. The molecule has 3 aromatic rings. The van der Waals surface area contributed by atoms with E-state index in [-0.39, 0.29) is 23.7 Å². The van der Waals surface area contributed by atoms with E-state index in [2.05, 4.69) is 19.2 Å². The Balaban J connectivity index is 1.23. The maximum Gasteiger partial charge on any atom is 0.201 e. The first-order chi connectivity index (χ1) is 20.0. The number of hydrogen-bond donors (Lipinski definition) is 0. The number of ether oxygens (including phenoxy) is 1. The summed E-state index contributed by atoms with van der Waals surface area (Å²) in [5.74, 6) is 0.0211. The van der Waals surface area contributed by atoms with Crippen LogP contribution in [-0.4, -0.2) is 6.61 Å². The van der Waals surface area contributed by atoms with Gasteiger partial charge in [0.15, 0.2) is 11.6 Å². The van der Waals surface area contributed by atoms with Crippen LogP contribution in [0.25, 0.3) is 27.8 Å². The van der Waals surface area contributed by atoms with Crippen LogP contribution in [0.5, 0.6) is 5.75 Å². The lowest BCUT2D eigenvalue weighted by Crippen LogP contribution is -2.23. The maximum atomic E-state index is 15.3. The van der Waals surface area contributed by atoms with Gasteiger partial charge in [-0.25, -0.2) is 8.78 Å². The topological polar surface area (TPSA) is 9.23 Å². The second kappa shape index (κ2) is 13.4. The van der Waals surface area contributed by atoms with Crippen LogP contribution in [0.3, 0.4) is 0 Å². The molecular weight excluding hydrogens is 517 g/mol. The van der Waals surface area contributed by atoms with Gasteiger partial charge in [-0.15, -0.1) is 6.58 Å². The van der Waals surface area contributed by atoms with Crippen molar-refractivity contribution >= 4 is 5.57 Å². The lowest BCUT2D eigenvalue weighted by atomic mass is 9.70. The molecule has 1 unspecified atom stereocenters. The van der Waals surface area contributed by atoms with Crippen LogP contribution in [0, 0.1) is 35.2 Å². The van der Waals surface area contributed by atoms with Gasteiger partial charge < -0.3 is 4.74 Å². The highest BCUT2D eigenvalue weighted by Gasteiger charge is 2.29. The van der Waals surface area contributed by atoms with Crippen molar-refractivity contribution in [3.05, 3.63) is 109 Å². The molecule has 0 saturated heterocycles. The van der Waals surface area contributed by atoms with E-state index < -0.39 is 11.6 Å². The summed E-state index contributed by atoms with van der Waals surface area (Å²) in [5, 5.41) is 0. The Morgan fingerprint density at radius 1 is 0.732 bits per heavy atom. The molecule has 1 atom stereocenters. The van der Waals surface area contributed by atoms with Crippen LogP contribution >= 0.6 is 0 Å². The fraction of sp³-hybridized carbons (Fsp3) is 0.351. The van der Waals surface area contributed by atoms with Crippen molar-refractivity contribution in [2.75, 3.05) is 6.61 Å². The lowest BCUT2D eigenvalue weighted by molar-refractivity contribution is 0.190. The van der Waals surface area contributed by atoms with E-state index in [9.17, 15) is 8.78 Å². The Bertz CT molecular complexity index is 1400. The van der Waals surface area contributed by atoms with Crippen LogP contribution < -0.4 is 4.74 Å². The van der Waals surface area contributed by atoms with Crippen molar-refractivity contribution < 1.29 is 17.9 Å². The van der Waals surface area contributed by atoms with E-state index in [0.717, 1.165) is 54.2 Å². The highest BCUT2D eigenvalue weighted by atomic mass is 19.2. The van der Waals surface area contributed by atoms with Crippen LogP contribution in [-0.2, 0) is 0 Å². The molecule has 0 heterocycles. The van der Waals surface area contributed by atoms with Gasteiger partial charge in [0.25, 0.3) is 0 Å². The molecule has 0 spiro atoms. The zero-order valence-electron chi connectivity index (χ0n) is 23.7. The molecule has 5 rings (SSSR count). The van der Waals surface area contributed by atoms with Gasteiger partial charge in [-0.3, -0.25) is 0 Å². The van der Waals surface area contributed by atoms with Crippen LogP contribution in [0.2, 0.25) is 0 Å². The molecule has 0 N–H and O–H groups in total. The average Bonchev–Trinajstić information content (AvgIpc) is 3.01. The van der Waals surface area contributed by atoms with E-state index >= 15 is 4.39 Å². The Morgan fingerprint density at radius 2 is 1.44 bits per heavy atom. The third-order valence-corrected chi connectivity index (χ3v) is 9.04. The summed E-state index contributed by atoms with van der Waals surface area (Å²) in [6.45, 7) is 7.47. The Kier molecular flexibility index (Phi) is 9.49. The van der Waals surface area contributed by atoms with Crippen molar-refractivity contribution in [1.29, 1.82) is 0 Å². The minimum atomic E-state index is -1.03. The largest absolute Gasteiger partial charge is 0.486 e. The zero-order chi connectivity index (χ0) is 28.8. The molecule has 214 valence electrons. The standard InChI is InChI=1S/C37H39F3O/c1-3-5-6-25-7-9-26(10-8-25)27-11-15-29(16-12-27)32-20-19-31(24-34(32)38)28-13-17-30(18-14-28)33-21-22-35(41-23-4-2)37(40)36(33)39/h3-4,13-15,17-22,24-27H,1-2,5-12,16,23H2. The molecule has 2 aliphatic rings. The number of rotatable bonds is 10. The summed E-state index contributed by atoms with van der Waals surface area (Å²) in [6, 6.07) is 15.4. The fourth-order valence-electron chi connectivity index (χ4n) is 6.64. The summed E-state index contributed by atoms with van der Waals surface area (Å²) in [4.78, 5) is 0. The smallest absolute Gasteiger partial charge is 0.201 e. The first-order valence-electron chi connectivity index (χ1n) is 14.9. The molecule has 0 bridgehead atoms. The SMILES string of the molecule is C=CCCC1CCC(C2CC=C(c3ccc(-c4ccc(-c5ccc(OCC=C)c(F)c5F)cc4)cc3F)CC2)CC1. The molecule has 0 aliphatic heterocycles. The first kappa shape index (κ1) is 29.0. The second-order valence-electron chi connectivity index (χ2n) is 11.5. The van der Waals surface area contributed by atoms with Crippen molar-refractivity contribution in [3.8, 4) is 28.0 Å². The van der Waals surface area contributed by atoms with Crippen LogP contribution in [0.4, 0.5) is 13.2 Å². The molecule has 1 fully saturated rings. The molecule has 0 aromatic heterocycles. The van der Waals surface area contributed by atoms with E-state index in [1.165, 1.54) is 50.3 Å². The van der Waals surface area contributed by atoms with Gasteiger partial charge in [0.05, 0.1) is 0 Å². The summed E-state index contributed by atoms with van der Waals surface area (Å²) in [7, 11) is 0. The summed E-state index contributed by atoms with van der Waals surface area (Å²) < 4.78 is 49.7.